The van der Waals surface area contributed by atoms with Gasteiger partial charge in [0, 0.05) is 48.8 Å². The monoisotopic (exact) mass is 625 g/mol. The number of carbonyl (C=O) groups is 2. The van der Waals surface area contributed by atoms with Gasteiger partial charge in [0.2, 0.25) is 5.91 Å². The van der Waals surface area contributed by atoms with Crippen LogP contribution >= 0.6 is 11.6 Å². The maximum atomic E-state index is 13.4. The topological polar surface area (TPSA) is 111 Å². The van der Waals surface area contributed by atoms with Crippen LogP contribution in [0.15, 0.2) is 79.3 Å². The van der Waals surface area contributed by atoms with Gasteiger partial charge in [-0.25, -0.2) is 4.98 Å². The fourth-order valence-corrected chi connectivity index (χ4v) is 6.65. The number of para-hydroxylation sites is 1. The summed E-state index contributed by atoms with van der Waals surface area (Å²) in [7, 11) is 0. The van der Waals surface area contributed by atoms with Crippen molar-refractivity contribution in [2.24, 2.45) is 5.73 Å². The van der Waals surface area contributed by atoms with Crippen LogP contribution in [0.4, 0.5) is 0 Å². The first-order chi connectivity index (χ1) is 21.9. The standard InChI is InChI=1S/C36H40ClN5O3/c37-28-15-11-24(12-16-28)19-33(35(38)43)41-36(44)31-8-4-7-30-32(17-18-45-34(30)31)40-21-29-20-39-23-42(29)22-25-9-13-27(14-10-25)26-5-2-1-3-6-26/h4,7-16,20,23,26,32-33,40H,1-3,5-6,17-19,21-22H2,(H2,38,43)(H,41,44). The number of carbonyl (C=O) groups excluding carboxylic acids is 2. The zero-order chi connectivity index (χ0) is 31.2. The summed E-state index contributed by atoms with van der Waals surface area (Å²) < 4.78 is 8.20. The summed E-state index contributed by atoms with van der Waals surface area (Å²) in [6, 6.07) is 20.9. The van der Waals surface area contributed by atoms with E-state index in [-0.39, 0.29) is 12.5 Å². The van der Waals surface area contributed by atoms with Gasteiger partial charge in [-0.3, -0.25) is 9.59 Å². The van der Waals surface area contributed by atoms with Crippen LogP contribution in [0, 0.1) is 0 Å². The molecule has 1 fully saturated rings. The molecule has 4 N–H and O–H groups in total. The molecule has 1 aliphatic carbocycles. The number of hydrogen-bond donors (Lipinski definition) is 3. The number of fused-ring (bicyclic) bond motifs is 1. The lowest BCUT2D eigenvalue weighted by Crippen LogP contribution is -2.46. The van der Waals surface area contributed by atoms with Crippen LogP contribution in [0.1, 0.15) is 88.8 Å². The van der Waals surface area contributed by atoms with Gasteiger partial charge in [0.1, 0.15) is 11.8 Å². The van der Waals surface area contributed by atoms with Gasteiger partial charge in [0.05, 0.1) is 24.2 Å². The van der Waals surface area contributed by atoms with Gasteiger partial charge in [-0.2, -0.15) is 0 Å². The average Bonchev–Trinajstić information content (AvgIpc) is 3.51. The van der Waals surface area contributed by atoms with Crippen LogP contribution in [0.5, 0.6) is 5.75 Å². The number of nitrogens with two attached hydrogens (primary N) is 1. The number of ether oxygens (including phenoxy) is 1. The number of benzene rings is 3. The van der Waals surface area contributed by atoms with Gasteiger partial charge in [-0.05, 0) is 53.6 Å². The van der Waals surface area contributed by atoms with Gasteiger partial charge in [0.25, 0.3) is 5.91 Å². The normalized spacial score (nSPS) is 17.2. The average molecular weight is 626 g/mol. The van der Waals surface area contributed by atoms with Crippen LogP contribution in [-0.4, -0.2) is 34.0 Å². The van der Waals surface area contributed by atoms with Gasteiger partial charge in [-0.15, -0.1) is 0 Å². The molecule has 2 aliphatic rings. The Morgan fingerprint density at radius 3 is 2.49 bits per heavy atom. The van der Waals surface area contributed by atoms with Crippen LogP contribution in [-0.2, 0) is 24.3 Å². The molecular formula is C36H40ClN5O3. The van der Waals surface area contributed by atoms with Crippen molar-refractivity contribution in [1.82, 2.24) is 20.2 Å². The van der Waals surface area contributed by atoms with E-state index >= 15 is 0 Å². The third-order valence-electron chi connectivity index (χ3n) is 9.06. The molecule has 2 amide bonds. The number of amides is 2. The Bertz CT molecular complexity index is 1610. The predicted molar refractivity (Wildman–Crippen MR) is 175 cm³/mol. The summed E-state index contributed by atoms with van der Waals surface area (Å²) >= 11 is 5.99. The van der Waals surface area contributed by atoms with E-state index in [1.165, 1.54) is 43.2 Å². The molecule has 0 bridgehead atoms. The highest BCUT2D eigenvalue weighted by Gasteiger charge is 2.28. The Morgan fingerprint density at radius 2 is 1.73 bits per heavy atom. The number of primary amides is 1. The number of hydrogen-bond acceptors (Lipinski definition) is 5. The minimum Gasteiger partial charge on any atom is -0.492 e. The van der Waals surface area contributed by atoms with Crippen LogP contribution in [0.3, 0.4) is 0 Å². The van der Waals surface area contributed by atoms with E-state index in [1.54, 1.807) is 18.2 Å². The third kappa shape index (κ3) is 7.57. The molecule has 0 spiro atoms. The SMILES string of the molecule is NC(=O)C(Cc1ccc(Cl)cc1)NC(=O)c1cccc2c1OCCC2NCc1cncn1Cc1ccc(C2CCCCC2)cc1. The highest BCUT2D eigenvalue weighted by molar-refractivity contribution is 6.30. The number of rotatable bonds is 11. The molecule has 9 heteroatoms. The number of halogens is 1. The molecule has 1 aliphatic heterocycles. The summed E-state index contributed by atoms with van der Waals surface area (Å²) in [5.74, 6) is 0.215. The molecule has 234 valence electrons. The zero-order valence-corrected chi connectivity index (χ0v) is 26.1. The minimum atomic E-state index is -0.879. The maximum Gasteiger partial charge on any atom is 0.255 e. The molecule has 0 radical (unpaired) electrons. The molecule has 1 saturated carbocycles. The van der Waals surface area contributed by atoms with E-state index in [0.29, 0.717) is 35.4 Å². The van der Waals surface area contributed by atoms with Gasteiger partial charge in [0.15, 0.2) is 0 Å². The van der Waals surface area contributed by atoms with Crippen molar-refractivity contribution in [1.29, 1.82) is 0 Å². The lowest BCUT2D eigenvalue weighted by atomic mass is 9.84. The second-order valence-corrected chi connectivity index (χ2v) is 12.6. The van der Waals surface area contributed by atoms with Crippen molar-refractivity contribution in [3.05, 3.63) is 118 Å². The fraction of sp³-hybridized carbons (Fsp3) is 0.361. The largest absolute Gasteiger partial charge is 0.492 e. The first-order valence-corrected chi connectivity index (χ1v) is 16.2. The number of nitrogens with one attached hydrogen (secondary N) is 2. The Hall–Kier alpha value is -4.14. The summed E-state index contributed by atoms with van der Waals surface area (Å²) in [6.45, 7) is 1.84. The summed E-state index contributed by atoms with van der Waals surface area (Å²) in [5, 5.41) is 7.07. The van der Waals surface area contributed by atoms with Crippen LogP contribution in [0.2, 0.25) is 5.02 Å². The van der Waals surface area contributed by atoms with E-state index in [1.807, 2.05) is 36.8 Å². The molecule has 6 rings (SSSR count). The molecule has 2 atom stereocenters. The fourth-order valence-electron chi connectivity index (χ4n) is 6.52. The lowest BCUT2D eigenvalue weighted by molar-refractivity contribution is -0.119. The van der Waals surface area contributed by atoms with Crippen molar-refractivity contribution in [2.75, 3.05) is 6.61 Å². The van der Waals surface area contributed by atoms with E-state index in [4.69, 9.17) is 22.1 Å². The van der Waals surface area contributed by atoms with Crippen LogP contribution in [0.25, 0.3) is 0 Å². The van der Waals surface area contributed by atoms with E-state index in [9.17, 15) is 9.59 Å². The highest BCUT2D eigenvalue weighted by atomic mass is 35.5. The second-order valence-electron chi connectivity index (χ2n) is 12.1. The number of imidazole rings is 1. The first kappa shape index (κ1) is 30.9. The molecule has 0 saturated heterocycles. The zero-order valence-electron chi connectivity index (χ0n) is 25.4. The second kappa shape index (κ2) is 14.3. The van der Waals surface area contributed by atoms with Crippen molar-refractivity contribution in [3.63, 3.8) is 0 Å². The van der Waals surface area contributed by atoms with Crippen molar-refractivity contribution in [3.8, 4) is 5.75 Å². The molecule has 45 heavy (non-hydrogen) atoms. The molecule has 1 aromatic heterocycles. The van der Waals surface area contributed by atoms with Crippen molar-refractivity contribution in [2.45, 2.75) is 76.0 Å². The summed E-state index contributed by atoms with van der Waals surface area (Å²) in [6.07, 6.45) is 11.4. The smallest absolute Gasteiger partial charge is 0.255 e. The van der Waals surface area contributed by atoms with Crippen LogP contribution < -0.4 is 21.1 Å². The molecule has 3 aromatic carbocycles. The quantitative estimate of drug-likeness (QED) is 0.187. The van der Waals surface area contributed by atoms with Gasteiger partial charge in [-0.1, -0.05) is 79.4 Å². The Morgan fingerprint density at radius 1 is 0.978 bits per heavy atom. The third-order valence-corrected chi connectivity index (χ3v) is 9.31. The number of aromatic nitrogens is 2. The number of nitrogens with zero attached hydrogens (tertiary/aromatic N) is 2. The van der Waals surface area contributed by atoms with E-state index < -0.39 is 17.9 Å². The molecule has 2 unspecified atom stereocenters. The minimum absolute atomic E-state index is 0.0133. The first-order valence-electron chi connectivity index (χ1n) is 15.9. The summed E-state index contributed by atoms with van der Waals surface area (Å²) in [5.41, 5.74) is 11.6. The predicted octanol–water partition coefficient (Wildman–Crippen LogP) is 6.07. The van der Waals surface area contributed by atoms with Crippen molar-refractivity contribution < 1.29 is 14.3 Å². The molecule has 8 nitrogen and oxygen atoms in total. The Balaban J connectivity index is 1.10. The van der Waals surface area contributed by atoms with Crippen molar-refractivity contribution >= 4 is 23.4 Å². The molecule has 4 aromatic rings. The maximum absolute atomic E-state index is 13.4. The molecule has 2 heterocycles. The Labute approximate surface area is 269 Å². The van der Waals surface area contributed by atoms with E-state index in [2.05, 4.69) is 44.5 Å². The Kier molecular flexibility index (Phi) is 9.81. The van der Waals surface area contributed by atoms with E-state index in [0.717, 1.165) is 29.8 Å². The van der Waals surface area contributed by atoms with Gasteiger partial charge >= 0.3 is 0 Å². The lowest BCUT2D eigenvalue weighted by Gasteiger charge is -2.28. The highest BCUT2D eigenvalue weighted by Crippen LogP contribution is 2.36. The molecular weight excluding hydrogens is 586 g/mol. The summed E-state index contributed by atoms with van der Waals surface area (Å²) in [4.78, 5) is 30.1. The van der Waals surface area contributed by atoms with Gasteiger partial charge < -0.3 is 25.7 Å².